The first-order chi connectivity index (χ1) is 8.76. The van der Waals surface area contributed by atoms with Gasteiger partial charge in [-0.2, -0.15) is 17.0 Å². The number of benzene rings is 1. The van der Waals surface area contributed by atoms with E-state index in [1.54, 1.807) is 18.0 Å². The van der Waals surface area contributed by atoms with E-state index in [1.807, 2.05) is 24.3 Å². The summed E-state index contributed by atoms with van der Waals surface area (Å²) in [7, 11) is 0. The average Bonchev–Trinajstić information content (AvgIpc) is 2.44. The number of hydrogen-bond donors (Lipinski definition) is 1. The summed E-state index contributed by atoms with van der Waals surface area (Å²) in [5.41, 5.74) is 2.40. The average molecular weight is 257 g/mol. The van der Waals surface area contributed by atoms with Gasteiger partial charge in [0.25, 0.3) is 0 Å². The summed E-state index contributed by atoms with van der Waals surface area (Å²) >= 11 is 1.80. The van der Waals surface area contributed by atoms with Crippen molar-refractivity contribution in [1.29, 1.82) is 5.26 Å². The molecule has 0 saturated heterocycles. The molecule has 4 heteroatoms. The largest absolute Gasteiger partial charge is 0.382 e. The number of pyridine rings is 1. The quantitative estimate of drug-likeness (QED) is 0.913. The molecule has 0 saturated carbocycles. The van der Waals surface area contributed by atoms with Gasteiger partial charge >= 0.3 is 0 Å². The van der Waals surface area contributed by atoms with E-state index in [0.29, 0.717) is 10.8 Å². The van der Waals surface area contributed by atoms with E-state index < -0.39 is 0 Å². The third-order valence-electron chi connectivity index (χ3n) is 2.86. The van der Waals surface area contributed by atoms with E-state index in [2.05, 4.69) is 29.5 Å². The Morgan fingerprint density at radius 2 is 2.22 bits per heavy atom. The molecule has 0 aliphatic rings. The highest BCUT2D eigenvalue weighted by atomic mass is 32.2. The topological polar surface area (TPSA) is 48.7 Å². The minimum Gasteiger partial charge on any atom is -0.382 e. The highest BCUT2D eigenvalue weighted by Crippen LogP contribution is 2.25. The Hall–Kier alpha value is -1.73. The summed E-state index contributed by atoms with van der Waals surface area (Å²) < 4.78 is 0. The zero-order valence-electron chi connectivity index (χ0n) is 10.5. The fraction of sp³-hybridized carbons (Fsp3) is 0.286. The van der Waals surface area contributed by atoms with Crippen LogP contribution < -0.4 is 5.32 Å². The number of hydrogen-bond acceptors (Lipinski definition) is 4. The molecule has 0 spiro atoms. The first kappa shape index (κ1) is 12.7. The van der Waals surface area contributed by atoms with Gasteiger partial charge in [0.15, 0.2) is 0 Å². The molecule has 2 aromatic rings. The van der Waals surface area contributed by atoms with E-state index in [1.165, 1.54) is 0 Å². The Bertz CT molecular complexity index is 589. The number of rotatable bonds is 4. The summed E-state index contributed by atoms with van der Waals surface area (Å²) in [6.07, 6.45) is 3.72. The van der Waals surface area contributed by atoms with Gasteiger partial charge in [0.1, 0.15) is 6.07 Å². The van der Waals surface area contributed by atoms with Gasteiger partial charge in [0, 0.05) is 23.4 Å². The maximum Gasteiger partial charge on any atom is 0.103 e. The Balaban J connectivity index is 2.42. The monoisotopic (exact) mass is 257 g/mol. The van der Waals surface area contributed by atoms with Gasteiger partial charge in [-0.3, -0.25) is 4.98 Å². The van der Waals surface area contributed by atoms with Gasteiger partial charge in [-0.25, -0.2) is 0 Å². The molecule has 0 aliphatic heterocycles. The molecule has 1 atom stereocenters. The minimum absolute atomic E-state index is 0.503. The van der Waals surface area contributed by atoms with Gasteiger partial charge in [-0.05, 0) is 12.3 Å². The first-order valence-corrected chi connectivity index (χ1v) is 7.09. The predicted octanol–water partition coefficient (Wildman–Crippen LogP) is 3.27. The Kier molecular flexibility index (Phi) is 4.06. The lowest BCUT2D eigenvalue weighted by atomic mass is 10.1. The third kappa shape index (κ3) is 2.57. The molecule has 3 nitrogen and oxygen atoms in total. The SMILES string of the molecule is CSC(C)CNc1c(C#N)cnc2ccccc12. The van der Waals surface area contributed by atoms with Crippen LogP contribution >= 0.6 is 11.8 Å². The Morgan fingerprint density at radius 1 is 1.44 bits per heavy atom. The highest BCUT2D eigenvalue weighted by Gasteiger charge is 2.09. The van der Waals surface area contributed by atoms with Gasteiger partial charge < -0.3 is 5.32 Å². The van der Waals surface area contributed by atoms with E-state index in [0.717, 1.165) is 23.1 Å². The minimum atomic E-state index is 0.503. The molecular weight excluding hydrogens is 242 g/mol. The summed E-state index contributed by atoms with van der Waals surface area (Å²) in [5.74, 6) is 0. The van der Waals surface area contributed by atoms with Gasteiger partial charge in [0.05, 0.1) is 16.8 Å². The van der Waals surface area contributed by atoms with E-state index in [-0.39, 0.29) is 0 Å². The van der Waals surface area contributed by atoms with Crippen molar-refractivity contribution in [2.75, 3.05) is 18.1 Å². The molecule has 0 aliphatic carbocycles. The van der Waals surface area contributed by atoms with Crippen LogP contribution in [0.15, 0.2) is 30.5 Å². The van der Waals surface area contributed by atoms with Crippen LogP contribution in [0, 0.1) is 11.3 Å². The zero-order chi connectivity index (χ0) is 13.0. The van der Waals surface area contributed by atoms with Crippen LogP contribution in [0.3, 0.4) is 0 Å². The highest BCUT2D eigenvalue weighted by molar-refractivity contribution is 7.99. The smallest absolute Gasteiger partial charge is 0.103 e. The second-order valence-corrected chi connectivity index (χ2v) is 5.38. The molecule has 1 N–H and O–H groups in total. The maximum atomic E-state index is 9.17. The van der Waals surface area contributed by atoms with Crippen LogP contribution in [-0.4, -0.2) is 23.0 Å². The molecule has 0 fully saturated rings. The number of anilines is 1. The number of thioether (sulfide) groups is 1. The van der Waals surface area contributed by atoms with Crippen molar-refractivity contribution in [2.24, 2.45) is 0 Å². The summed E-state index contributed by atoms with van der Waals surface area (Å²) in [4.78, 5) is 4.29. The standard InChI is InChI=1S/C14H15N3S/c1-10(18-2)8-17-14-11(7-15)9-16-13-6-4-3-5-12(13)14/h3-6,9-10H,8H2,1-2H3,(H,16,17). The predicted molar refractivity (Wildman–Crippen MR) is 77.9 cm³/mol. The van der Waals surface area contributed by atoms with Gasteiger partial charge in [-0.15, -0.1) is 0 Å². The van der Waals surface area contributed by atoms with Crippen LogP contribution in [0.4, 0.5) is 5.69 Å². The molecule has 0 amide bonds. The summed E-state index contributed by atoms with van der Waals surface area (Å²) in [5, 5.41) is 14.0. The molecule has 0 bridgehead atoms. The molecule has 18 heavy (non-hydrogen) atoms. The molecule has 1 aromatic heterocycles. The lowest BCUT2D eigenvalue weighted by Gasteiger charge is -2.14. The van der Waals surface area contributed by atoms with Crippen molar-refractivity contribution < 1.29 is 0 Å². The van der Waals surface area contributed by atoms with Crippen molar-refractivity contribution in [3.63, 3.8) is 0 Å². The summed E-state index contributed by atoms with van der Waals surface area (Å²) in [6, 6.07) is 10.1. The first-order valence-electron chi connectivity index (χ1n) is 5.80. The lowest BCUT2D eigenvalue weighted by Crippen LogP contribution is -2.13. The Morgan fingerprint density at radius 3 is 2.94 bits per heavy atom. The zero-order valence-corrected chi connectivity index (χ0v) is 11.3. The molecule has 92 valence electrons. The molecule has 1 unspecified atom stereocenters. The van der Waals surface area contributed by atoms with Crippen molar-refractivity contribution in [1.82, 2.24) is 4.98 Å². The fourth-order valence-corrected chi connectivity index (χ4v) is 2.00. The molecule has 0 radical (unpaired) electrons. The number of nitriles is 1. The summed E-state index contributed by atoms with van der Waals surface area (Å²) in [6.45, 7) is 3.00. The fourth-order valence-electron chi connectivity index (χ4n) is 1.75. The van der Waals surface area contributed by atoms with Crippen molar-refractivity contribution in [3.05, 3.63) is 36.0 Å². The Labute approximate surface area is 111 Å². The van der Waals surface area contributed by atoms with Crippen LogP contribution in [0.25, 0.3) is 10.9 Å². The normalized spacial score (nSPS) is 12.1. The van der Waals surface area contributed by atoms with Crippen LogP contribution in [0.1, 0.15) is 12.5 Å². The number of aromatic nitrogens is 1. The van der Waals surface area contributed by atoms with Crippen LogP contribution in [0.5, 0.6) is 0 Å². The number of nitrogens with zero attached hydrogens (tertiary/aromatic N) is 2. The second-order valence-electron chi connectivity index (χ2n) is 4.10. The second kappa shape index (κ2) is 5.74. The van der Waals surface area contributed by atoms with Crippen molar-refractivity contribution >= 4 is 28.4 Å². The number of fused-ring (bicyclic) bond motifs is 1. The van der Waals surface area contributed by atoms with E-state index in [4.69, 9.17) is 5.26 Å². The maximum absolute atomic E-state index is 9.17. The van der Waals surface area contributed by atoms with Gasteiger partial charge in [-0.1, -0.05) is 25.1 Å². The molecule has 1 heterocycles. The van der Waals surface area contributed by atoms with E-state index in [9.17, 15) is 0 Å². The van der Waals surface area contributed by atoms with Crippen LogP contribution in [0.2, 0.25) is 0 Å². The van der Waals surface area contributed by atoms with Crippen molar-refractivity contribution in [2.45, 2.75) is 12.2 Å². The van der Waals surface area contributed by atoms with Gasteiger partial charge in [0.2, 0.25) is 0 Å². The molecule has 2 rings (SSSR count). The van der Waals surface area contributed by atoms with E-state index >= 15 is 0 Å². The number of para-hydroxylation sites is 1. The van der Waals surface area contributed by atoms with Crippen LogP contribution in [-0.2, 0) is 0 Å². The van der Waals surface area contributed by atoms with Crippen molar-refractivity contribution in [3.8, 4) is 6.07 Å². The number of nitrogens with one attached hydrogen (secondary N) is 1. The lowest BCUT2D eigenvalue weighted by molar-refractivity contribution is 1.00. The third-order valence-corrected chi connectivity index (χ3v) is 3.84. The molecular formula is C14H15N3S. The molecule has 1 aromatic carbocycles.